The average molecular weight is 790 g/mol. The maximum Gasteiger partial charge on any atom is 0.306 e. The number of carbonyl (C=O) groups excluding carboxylic acids is 3. The normalized spacial score (nSPS) is 14.9. The molecule has 1 amide bonds. The van der Waals surface area contributed by atoms with E-state index in [1.54, 1.807) is 0 Å². The lowest BCUT2D eigenvalue weighted by Crippen LogP contribution is -2.47. The first-order valence-corrected chi connectivity index (χ1v) is 21.4. The van der Waals surface area contributed by atoms with Crippen LogP contribution in [-0.4, -0.2) is 120 Å². The summed E-state index contributed by atoms with van der Waals surface area (Å²) >= 11 is 1.28. The van der Waals surface area contributed by atoms with Gasteiger partial charge in [-0.05, 0) is 12.8 Å². The number of esters is 2. The molecule has 15 nitrogen and oxygen atoms in total. The molecule has 6 atom stereocenters. The molecule has 0 aliphatic carbocycles. The lowest BCUT2D eigenvalue weighted by atomic mass is 10.0. The summed E-state index contributed by atoms with van der Waals surface area (Å²) in [4.78, 5) is 38.0. The number of hydrogen-bond donors (Lipinski definition) is 7. The van der Waals surface area contributed by atoms with Gasteiger partial charge in [0.25, 0.3) is 0 Å². The number of anilines is 1. The van der Waals surface area contributed by atoms with Gasteiger partial charge in [-0.15, -0.1) is 5.10 Å². The van der Waals surface area contributed by atoms with Crippen LogP contribution in [0.2, 0.25) is 0 Å². The molecule has 1 aromatic heterocycles. The lowest BCUT2D eigenvalue weighted by molar-refractivity contribution is -0.157. The monoisotopic (exact) mass is 789 g/mol. The van der Waals surface area contributed by atoms with Crippen LogP contribution in [-0.2, 0) is 30.4 Å². The van der Waals surface area contributed by atoms with Gasteiger partial charge in [0, 0.05) is 24.3 Å². The average Bonchev–Trinajstić information content (AvgIpc) is 3.60. The number of hydrogen-bond acceptors (Lipinski definition) is 14. The molecule has 1 heterocycles. The fraction of sp³-hybridized carbons (Fsp3) is 0.868. The topological polar surface area (TPSA) is 240 Å². The summed E-state index contributed by atoms with van der Waals surface area (Å²) in [5.41, 5.74) is 6.11. The largest absolute Gasteiger partial charge is 0.462 e. The van der Waals surface area contributed by atoms with E-state index in [4.69, 9.17) is 20.3 Å². The molecule has 1 rings (SSSR count). The van der Waals surface area contributed by atoms with Crippen LogP contribution in [0.3, 0.4) is 0 Å². The summed E-state index contributed by atoms with van der Waals surface area (Å²) in [5, 5.41) is 58.5. The highest BCUT2D eigenvalue weighted by atomic mass is 32.2. The van der Waals surface area contributed by atoms with Gasteiger partial charge in [0.2, 0.25) is 5.91 Å². The molecular weight excluding hydrogens is 719 g/mol. The maximum atomic E-state index is 12.7. The molecule has 1 aromatic rings. The van der Waals surface area contributed by atoms with E-state index in [9.17, 15) is 34.8 Å². The molecule has 0 spiro atoms. The van der Waals surface area contributed by atoms with Crippen molar-refractivity contribution < 1.29 is 49.4 Å². The van der Waals surface area contributed by atoms with Gasteiger partial charge in [-0.1, -0.05) is 122 Å². The van der Waals surface area contributed by atoms with Gasteiger partial charge >= 0.3 is 11.9 Å². The minimum absolute atomic E-state index is 0.0280. The Balaban J connectivity index is 2.55. The molecule has 314 valence electrons. The van der Waals surface area contributed by atoms with Crippen LogP contribution < -0.4 is 11.1 Å². The number of ether oxygens (including phenoxy) is 2. The lowest BCUT2D eigenvalue weighted by Gasteiger charge is -2.25. The summed E-state index contributed by atoms with van der Waals surface area (Å²) in [6, 6.07) is -0.977. The number of nitrogens with two attached hydrogens (primary N) is 1. The molecule has 0 aliphatic heterocycles. The predicted octanol–water partition coefficient (Wildman–Crippen LogP) is 4.01. The number of nitrogens with one attached hydrogen (secondary N) is 1. The fourth-order valence-corrected chi connectivity index (χ4v) is 6.68. The van der Waals surface area contributed by atoms with E-state index in [0.717, 1.165) is 49.6 Å². The first-order chi connectivity index (χ1) is 26.0. The van der Waals surface area contributed by atoms with Gasteiger partial charge in [-0.25, -0.2) is 4.68 Å². The van der Waals surface area contributed by atoms with Crippen LogP contribution in [0, 0.1) is 0 Å². The predicted molar refractivity (Wildman–Crippen MR) is 210 cm³/mol. The van der Waals surface area contributed by atoms with Crippen molar-refractivity contribution in [3.05, 3.63) is 6.20 Å². The first-order valence-electron chi connectivity index (χ1n) is 20.2. The Kier molecular flexibility index (Phi) is 29.3. The second-order valence-electron chi connectivity index (χ2n) is 14.2. The van der Waals surface area contributed by atoms with Gasteiger partial charge in [0.05, 0.1) is 25.4 Å². The smallest absolute Gasteiger partial charge is 0.306 e. The number of aliphatic hydroxyl groups is 5. The highest BCUT2D eigenvalue weighted by molar-refractivity contribution is 7.99. The summed E-state index contributed by atoms with van der Waals surface area (Å²) in [6.07, 6.45) is 14.9. The molecule has 8 N–H and O–H groups in total. The van der Waals surface area contributed by atoms with Gasteiger partial charge in [0.1, 0.15) is 37.1 Å². The van der Waals surface area contributed by atoms with Gasteiger partial charge in [-0.2, -0.15) is 11.8 Å². The zero-order valence-corrected chi connectivity index (χ0v) is 33.6. The third-order valence-corrected chi connectivity index (χ3v) is 10.3. The van der Waals surface area contributed by atoms with Crippen molar-refractivity contribution in [2.45, 2.75) is 185 Å². The molecule has 0 aliphatic rings. The highest BCUT2D eigenvalue weighted by Gasteiger charge is 2.30. The Bertz CT molecular complexity index is 1120. The molecule has 0 saturated carbocycles. The second-order valence-corrected chi connectivity index (χ2v) is 15.3. The fourth-order valence-electron chi connectivity index (χ4n) is 5.71. The summed E-state index contributed by atoms with van der Waals surface area (Å²) in [7, 11) is 0. The van der Waals surface area contributed by atoms with Crippen molar-refractivity contribution in [3.63, 3.8) is 0 Å². The van der Waals surface area contributed by atoms with Crippen LogP contribution >= 0.6 is 11.8 Å². The van der Waals surface area contributed by atoms with Crippen molar-refractivity contribution in [1.82, 2.24) is 15.0 Å². The van der Waals surface area contributed by atoms with E-state index in [1.165, 1.54) is 88.6 Å². The third-order valence-electron chi connectivity index (χ3n) is 9.12. The molecule has 0 unspecified atom stereocenters. The SMILES string of the molecule is CCCCCCCCCCCC(=O)OC[C@H](CSC[C@@H](N)C(=O)Nc1cn(C[C@H](O)[C@H](O)[C@H](O)[C@H](O)CO)nn1)OC(=O)CCCCCCCCCCC. The summed E-state index contributed by atoms with van der Waals surface area (Å²) in [5.74, 6) is -0.783. The quantitative estimate of drug-likeness (QED) is 0.0380. The van der Waals surface area contributed by atoms with E-state index >= 15 is 0 Å². The summed E-state index contributed by atoms with van der Waals surface area (Å²) < 4.78 is 12.3. The van der Waals surface area contributed by atoms with Crippen LogP contribution in [0.25, 0.3) is 0 Å². The minimum Gasteiger partial charge on any atom is -0.462 e. The van der Waals surface area contributed by atoms with Crippen molar-refractivity contribution in [1.29, 1.82) is 0 Å². The zero-order chi connectivity index (χ0) is 40.0. The summed E-state index contributed by atoms with van der Waals surface area (Å²) in [6.45, 7) is 3.20. The number of unbranched alkanes of at least 4 members (excludes halogenated alkanes) is 16. The van der Waals surface area contributed by atoms with Crippen LogP contribution in [0.1, 0.15) is 142 Å². The molecule has 16 heteroatoms. The van der Waals surface area contributed by atoms with Crippen molar-refractivity contribution in [2.75, 3.05) is 30.0 Å². The van der Waals surface area contributed by atoms with Gasteiger partial charge in [0.15, 0.2) is 5.82 Å². The van der Waals surface area contributed by atoms with Gasteiger partial charge in [-0.3, -0.25) is 14.4 Å². The van der Waals surface area contributed by atoms with E-state index in [2.05, 4.69) is 29.5 Å². The molecule has 54 heavy (non-hydrogen) atoms. The Labute approximate surface area is 326 Å². The molecule has 0 bridgehead atoms. The van der Waals surface area contributed by atoms with Gasteiger partial charge < -0.3 is 46.1 Å². The minimum atomic E-state index is -1.79. The van der Waals surface area contributed by atoms with E-state index in [0.29, 0.717) is 6.42 Å². The highest BCUT2D eigenvalue weighted by Crippen LogP contribution is 2.15. The molecule has 0 fully saturated rings. The molecule has 0 saturated heterocycles. The van der Waals surface area contributed by atoms with Crippen LogP contribution in [0.15, 0.2) is 6.20 Å². The van der Waals surface area contributed by atoms with Crippen LogP contribution in [0.4, 0.5) is 5.82 Å². The second kappa shape index (κ2) is 31.8. The number of aliphatic hydroxyl groups excluding tert-OH is 5. The number of rotatable bonds is 35. The Morgan fingerprint density at radius 1 is 0.759 bits per heavy atom. The number of aromatic nitrogens is 3. The van der Waals surface area contributed by atoms with Crippen LogP contribution in [0.5, 0.6) is 0 Å². The van der Waals surface area contributed by atoms with Crippen molar-refractivity contribution in [2.24, 2.45) is 5.73 Å². The Morgan fingerprint density at radius 3 is 1.80 bits per heavy atom. The Morgan fingerprint density at radius 2 is 1.26 bits per heavy atom. The third kappa shape index (κ3) is 24.2. The number of amides is 1. The standard InChI is InChI=1S/C38H71N5O10S/c1-3-5-7-9-11-13-15-17-19-21-34(47)52-26-29(53-35(48)22-20-18-16-14-12-10-8-6-4-2)27-54-28-30(39)38(51)40-33-24-43(42-41-33)23-31(45)36(49)37(50)32(46)25-44/h24,29-32,36-37,44-46,49-50H,3-23,25-28,39H2,1-2H3,(H,40,51)/t29-,30-,31+,32-,36+,37-/m1/s1. The number of nitrogens with zero attached hydrogens (tertiary/aromatic N) is 3. The molecule has 0 radical (unpaired) electrons. The molecule has 0 aromatic carbocycles. The maximum absolute atomic E-state index is 12.7. The van der Waals surface area contributed by atoms with E-state index < -0.39 is 49.1 Å². The van der Waals surface area contributed by atoms with E-state index in [1.807, 2.05) is 0 Å². The zero-order valence-electron chi connectivity index (χ0n) is 32.8. The molecular formula is C38H71N5O10S. The number of thioether (sulfide) groups is 1. The Hall–Kier alpha value is -2.34. The first kappa shape index (κ1) is 49.7. The number of carbonyl (C=O) groups is 3. The van der Waals surface area contributed by atoms with E-state index in [-0.39, 0.29) is 48.8 Å². The van der Waals surface area contributed by atoms with Crippen molar-refractivity contribution in [3.8, 4) is 0 Å². The van der Waals surface area contributed by atoms with Crippen molar-refractivity contribution >= 4 is 35.4 Å².